The fourth-order valence-corrected chi connectivity index (χ4v) is 1.78. The van der Waals surface area contributed by atoms with Crippen LogP contribution in [0.4, 0.5) is 5.82 Å². The maximum Gasteiger partial charge on any atom is 0.131 e. The van der Waals surface area contributed by atoms with Crippen molar-refractivity contribution in [2.75, 3.05) is 5.73 Å². The molecule has 1 saturated carbocycles. The summed E-state index contributed by atoms with van der Waals surface area (Å²) in [4.78, 5) is 4.10. The maximum atomic E-state index is 5.86. The highest BCUT2D eigenvalue weighted by Gasteiger charge is 2.23. The molecule has 0 atom stereocenters. The summed E-state index contributed by atoms with van der Waals surface area (Å²) < 4.78 is 5.77. The number of ether oxygens (including phenoxy) is 1. The van der Waals surface area contributed by atoms with Gasteiger partial charge in [-0.3, -0.25) is 0 Å². The lowest BCUT2D eigenvalue weighted by molar-refractivity contribution is 0.303. The van der Waals surface area contributed by atoms with E-state index < -0.39 is 0 Å². The first-order valence-electron chi connectivity index (χ1n) is 5.80. The highest BCUT2D eigenvalue weighted by molar-refractivity contribution is 5.74. The van der Waals surface area contributed by atoms with Crippen LogP contribution in [0.25, 0.3) is 11.1 Å². The normalized spacial score (nSPS) is 14.6. The lowest BCUT2D eigenvalue weighted by Crippen LogP contribution is -1.96. The first-order valence-corrected chi connectivity index (χ1v) is 5.80. The second-order valence-electron chi connectivity index (χ2n) is 4.28. The monoisotopic (exact) mass is 226 g/mol. The van der Waals surface area contributed by atoms with Crippen LogP contribution < -0.4 is 10.5 Å². The van der Waals surface area contributed by atoms with Gasteiger partial charge in [0.15, 0.2) is 0 Å². The molecule has 0 aliphatic heterocycles. The van der Waals surface area contributed by atoms with E-state index >= 15 is 0 Å². The molecule has 1 aliphatic carbocycles. The van der Waals surface area contributed by atoms with Gasteiger partial charge in [0.2, 0.25) is 0 Å². The summed E-state index contributed by atoms with van der Waals surface area (Å²) in [5.41, 5.74) is 7.87. The second kappa shape index (κ2) is 4.09. The number of pyridine rings is 1. The Kier molecular flexibility index (Phi) is 2.44. The standard InChI is InChI=1S/C14H14N2O/c15-14-13(5-2-8-16-14)10-3-1-4-12(9-10)17-11-6-7-11/h1-5,8-9,11H,6-7H2,(H2,15,16). The van der Waals surface area contributed by atoms with Crippen LogP contribution in [-0.4, -0.2) is 11.1 Å². The van der Waals surface area contributed by atoms with Crippen molar-refractivity contribution in [2.45, 2.75) is 18.9 Å². The number of nitrogen functional groups attached to an aromatic ring is 1. The molecule has 3 rings (SSSR count). The SMILES string of the molecule is Nc1ncccc1-c1cccc(OC2CC2)c1. The van der Waals surface area contributed by atoms with Crippen LogP contribution in [0.5, 0.6) is 5.75 Å². The Morgan fingerprint density at radius 3 is 2.82 bits per heavy atom. The van der Waals surface area contributed by atoms with Crippen LogP contribution in [0.3, 0.4) is 0 Å². The minimum atomic E-state index is 0.413. The predicted octanol–water partition coefficient (Wildman–Crippen LogP) is 2.87. The van der Waals surface area contributed by atoms with Gasteiger partial charge in [0.05, 0.1) is 6.10 Å². The topological polar surface area (TPSA) is 48.1 Å². The third-order valence-electron chi connectivity index (χ3n) is 2.81. The van der Waals surface area contributed by atoms with Crippen molar-refractivity contribution >= 4 is 5.82 Å². The summed E-state index contributed by atoms with van der Waals surface area (Å²) >= 11 is 0. The molecule has 0 unspecified atom stereocenters. The number of benzene rings is 1. The Balaban J connectivity index is 1.94. The maximum absolute atomic E-state index is 5.86. The van der Waals surface area contributed by atoms with Gasteiger partial charge in [0, 0.05) is 11.8 Å². The number of aromatic nitrogens is 1. The first-order chi connectivity index (χ1) is 8.33. The van der Waals surface area contributed by atoms with Crippen molar-refractivity contribution < 1.29 is 4.74 Å². The molecule has 0 saturated heterocycles. The average Bonchev–Trinajstić information content (AvgIpc) is 3.14. The number of rotatable bonds is 3. The zero-order chi connectivity index (χ0) is 11.7. The molecule has 1 heterocycles. The summed E-state index contributed by atoms with van der Waals surface area (Å²) in [7, 11) is 0. The van der Waals surface area contributed by atoms with Crippen molar-refractivity contribution in [1.29, 1.82) is 0 Å². The Morgan fingerprint density at radius 2 is 2.06 bits per heavy atom. The van der Waals surface area contributed by atoms with E-state index in [1.165, 1.54) is 12.8 Å². The van der Waals surface area contributed by atoms with E-state index in [4.69, 9.17) is 10.5 Å². The molecule has 17 heavy (non-hydrogen) atoms. The van der Waals surface area contributed by atoms with E-state index in [-0.39, 0.29) is 0 Å². The van der Waals surface area contributed by atoms with E-state index in [9.17, 15) is 0 Å². The van der Waals surface area contributed by atoms with Crippen molar-refractivity contribution in [1.82, 2.24) is 4.98 Å². The number of hydrogen-bond acceptors (Lipinski definition) is 3. The number of nitrogens with zero attached hydrogens (tertiary/aromatic N) is 1. The van der Waals surface area contributed by atoms with Crippen molar-refractivity contribution in [2.24, 2.45) is 0 Å². The average molecular weight is 226 g/mol. The molecule has 3 nitrogen and oxygen atoms in total. The molecular formula is C14H14N2O. The van der Waals surface area contributed by atoms with Crippen LogP contribution in [0.1, 0.15) is 12.8 Å². The Morgan fingerprint density at radius 1 is 1.18 bits per heavy atom. The number of anilines is 1. The molecule has 0 radical (unpaired) electrons. The van der Waals surface area contributed by atoms with Gasteiger partial charge in [-0.2, -0.15) is 0 Å². The largest absolute Gasteiger partial charge is 0.490 e. The molecule has 0 bridgehead atoms. The van der Waals surface area contributed by atoms with Crippen LogP contribution >= 0.6 is 0 Å². The smallest absolute Gasteiger partial charge is 0.131 e. The van der Waals surface area contributed by atoms with E-state index in [1.54, 1.807) is 6.20 Å². The third kappa shape index (κ3) is 2.23. The Bertz CT molecular complexity index is 535. The van der Waals surface area contributed by atoms with Gasteiger partial charge < -0.3 is 10.5 Å². The van der Waals surface area contributed by atoms with Gasteiger partial charge in [-0.05, 0) is 42.7 Å². The zero-order valence-corrected chi connectivity index (χ0v) is 9.47. The molecule has 86 valence electrons. The van der Waals surface area contributed by atoms with E-state index in [0.29, 0.717) is 11.9 Å². The second-order valence-corrected chi connectivity index (χ2v) is 4.28. The van der Waals surface area contributed by atoms with Crippen LogP contribution in [0, 0.1) is 0 Å². The van der Waals surface area contributed by atoms with E-state index in [1.807, 2.05) is 36.4 Å². The van der Waals surface area contributed by atoms with Gasteiger partial charge in [-0.25, -0.2) is 4.98 Å². The highest BCUT2D eigenvalue weighted by Crippen LogP contribution is 2.31. The summed E-state index contributed by atoms with van der Waals surface area (Å²) in [6.45, 7) is 0. The fraction of sp³-hybridized carbons (Fsp3) is 0.214. The van der Waals surface area contributed by atoms with Crippen LogP contribution in [0.15, 0.2) is 42.6 Å². The third-order valence-corrected chi connectivity index (χ3v) is 2.81. The molecule has 1 fully saturated rings. The van der Waals surface area contributed by atoms with Gasteiger partial charge in [0.1, 0.15) is 11.6 Å². The van der Waals surface area contributed by atoms with Crippen LogP contribution in [-0.2, 0) is 0 Å². The minimum Gasteiger partial charge on any atom is -0.490 e. The van der Waals surface area contributed by atoms with Crippen molar-refractivity contribution in [3.05, 3.63) is 42.6 Å². The van der Waals surface area contributed by atoms with Gasteiger partial charge in [-0.15, -0.1) is 0 Å². The van der Waals surface area contributed by atoms with Gasteiger partial charge in [-0.1, -0.05) is 12.1 Å². The summed E-state index contributed by atoms with van der Waals surface area (Å²) in [5.74, 6) is 1.46. The van der Waals surface area contributed by atoms with Gasteiger partial charge in [0.25, 0.3) is 0 Å². The number of hydrogen-bond donors (Lipinski definition) is 1. The summed E-state index contributed by atoms with van der Waals surface area (Å²) in [5, 5.41) is 0. The molecular weight excluding hydrogens is 212 g/mol. The van der Waals surface area contributed by atoms with E-state index in [2.05, 4.69) is 4.98 Å². The fourth-order valence-electron chi connectivity index (χ4n) is 1.78. The summed E-state index contributed by atoms with van der Waals surface area (Å²) in [6.07, 6.45) is 4.44. The predicted molar refractivity (Wildman–Crippen MR) is 67.7 cm³/mol. The Labute approximate surface area is 100 Å². The molecule has 2 N–H and O–H groups in total. The lowest BCUT2D eigenvalue weighted by atomic mass is 10.1. The number of nitrogens with two attached hydrogens (primary N) is 1. The van der Waals surface area contributed by atoms with E-state index in [0.717, 1.165) is 16.9 Å². The lowest BCUT2D eigenvalue weighted by Gasteiger charge is -2.08. The molecule has 3 heteroatoms. The quantitative estimate of drug-likeness (QED) is 0.875. The molecule has 1 aromatic carbocycles. The zero-order valence-electron chi connectivity index (χ0n) is 9.47. The molecule has 2 aromatic rings. The molecule has 0 amide bonds. The van der Waals surface area contributed by atoms with Gasteiger partial charge >= 0.3 is 0 Å². The summed E-state index contributed by atoms with van der Waals surface area (Å²) in [6, 6.07) is 11.9. The van der Waals surface area contributed by atoms with Crippen molar-refractivity contribution in [3.63, 3.8) is 0 Å². The minimum absolute atomic E-state index is 0.413. The molecule has 1 aliphatic rings. The van der Waals surface area contributed by atoms with Crippen molar-refractivity contribution in [3.8, 4) is 16.9 Å². The molecule has 0 spiro atoms. The van der Waals surface area contributed by atoms with Crippen LogP contribution in [0.2, 0.25) is 0 Å². The Hall–Kier alpha value is -2.03. The first kappa shape index (κ1) is 10.1. The molecule has 1 aromatic heterocycles. The highest BCUT2D eigenvalue weighted by atomic mass is 16.5.